The fraction of sp³-hybridized carbons (Fsp3) is 0.765. The van der Waals surface area contributed by atoms with E-state index in [0.717, 1.165) is 12.5 Å². The molecular formula is C17H28N2S. The van der Waals surface area contributed by atoms with Crippen molar-refractivity contribution in [3.63, 3.8) is 0 Å². The lowest BCUT2D eigenvalue weighted by molar-refractivity contribution is 0.198. The molecule has 1 aliphatic heterocycles. The quantitative estimate of drug-likeness (QED) is 0.830. The summed E-state index contributed by atoms with van der Waals surface area (Å²) in [5, 5.41) is 5.96. The maximum atomic E-state index is 3.70. The van der Waals surface area contributed by atoms with Crippen molar-refractivity contribution in [3.05, 3.63) is 21.9 Å². The molecule has 0 bridgehead atoms. The summed E-state index contributed by atoms with van der Waals surface area (Å²) in [5.41, 5.74) is 1.58. The van der Waals surface area contributed by atoms with Crippen molar-refractivity contribution in [2.75, 3.05) is 26.2 Å². The summed E-state index contributed by atoms with van der Waals surface area (Å²) in [4.78, 5) is 4.26. The van der Waals surface area contributed by atoms with Crippen LogP contribution in [-0.4, -0.2) is 31.1 Å². The number of rotatable bonds is 5. The maximum absolute atomic E-state index is 3.70. The van der Waals surface area contributed by atoms with E-state index in [9.17, 15) is 0 Å². The van der Waals surface area contributed by atoms with Gasteiger partial charge in [0.05, 0.1) is 0 Å². The highest BCUT2D eigenvalue weighted by atomic mass is 32.1. The molecule has 1 saturated carbocycles. The van der Waals surface area contributed by atoms with Crippen molar-refractivity contribution in [1.29, 1.82) is 0 Å². The number of nitrogens with zero attached hydrogens (tertiary/aromatic N) is 1. The zero-order valence-corrected chi connectivity index (χ0v) is 13.6. The van der Waals surface area contributed by atoms with Gasteiger partial charge in [0.1, 0.15) is 0 Å². The Morgan fingerprint density at radius 1 is 1.30 bits per heavy atom. The third kappa shape index (κ3) is 3.44. The lowest BCUT2D eigenvalue weighted by atomic mass is 9.89. The number of hydrogen-bond donors (Lipinski definition) is 1. The van der Waals surface area contributed by atoms with Crippen LogP contribution < -0.4 is 5.32 Å². The first kappa shape index (κ1) is 14.6. The lowest BCUT2D eigenvalue weighted by Gasteiger charge is -2.33. The minimum atomic E-state index is 0.612. The minimum absolute atomic E-state index is 0.612. The predicted molar refractivity (Wildman–Crippen MR) is 87.5 cm³/mol. The van der Waals surface area contributed by atoms with Crippen molar-refractivity contribution < 1.29 is 0 Å². The smallest absolute Gasteiger partial charge is 0.0331 e. The predicted octanol–water partition coefficient (Wildman–Crippen LogP) is 3.84. The maximum Gasteiger partial charge on any atom is 0.0331 e. The van der Waals surface area contributed by atoms with Crippen LogP contribution in [0.15, 0.2) is 11.4 Å². The van der Waals surface area contributed by atoms with Crippen LogP contribution in [0.4, 0.5) is 0 Å². The van der Waals surface area contributed by atoms with Gasteiger partial charge in [-0.2, -0.15) is 0 Å². The van der Waals surface area contributed by atoms with Crippen LogP contribution in [0.3, 0.4) is 0 Å². The molecule has 0 spiro atoms. The Labute approximate surface area is 127 Å². The van der Waals surface area contributed by atoms with Crippen LogP contribution in [0.2, 0.25) is 0 Å². The summed E-state index contributed by atoms with van der Waals surface area (Å²) in [5.74, 6) is 0.950. The summed E-state index contributed by atoms with van der Waals surface area (Å²) in [6, 6.07) is 2.94. The highest BCUT2D eigenvalue weighted by molar-refractivity contribution is 7.10. The summed E-state index contributed by atoms with van der Waals surface area (Å²) in [6.07, 6.45) is 8.52. The van der Waals surface area contributed by atoms with Crippen LogP contribution >= 0.6 is 11.3 Å². The SMILES string of the molecule is CC1c2ccsc2CCN1CCNCC1CCCCC1. The summed E-state index contributed by atoms with van der Waals surface area (Å²) < 4.78 is 0. The molecule has 1 unspecified atom stereocenters. The topological polar surface area (TPSA) is 15.3 Å². The highest BCUT2D eigenvalue weighted by Gasteiger charge is 2.24. The van der Waals surface area contributed by atoms with Crippen LogP contribution in [0, 0.1) is 5.92 Å². The summed E-state index contributed by atoms with van der Waals surface area (Å²) in [7, 11) is 0. The third-order valence-corrected chi connectivity index (χ3v) is 6.13. The Balaban J connectivity index is 1.38. The van der Waals surface area contributed by atoms with Gasteiger partial charge < -0.3 is 5.32 Å². The van der Waals surface area contributed by atoms with E-state index in [1.165, 1.54) is 58.2 Å². The molecule has 112 valence electrons. The van der Waals surface area contributed by atoms with Gasteiger partial charge in [-0.3, -0.25) is 4.90 Å². The average molecular weight is 292 g/mol. The van der Waals surface area contributed by atoms with E-state index in [0.29, 0.717) is 6.04 Å². The van der Waals surface area contributed by atoms with Gasteiger partial charge in [0, 0.05) is 30.6 Å². The van der Waals surface area contributed by atoms with Gasteiger partial charge in [0.25, 0.3) is 0 Å². The highest BCUT2D eigenvalue weighted by Crippen LogP contribution is 2.32. The van der Waals surface area contributed by atoms with E-state index >= 15 is 0 Å². The van der Waals surface area contributed by atoms with E-state index in [1.807, 2.05) is 11.3 Å². The Kier molecular flexibility index (Phi) is 5.14. The fourth-order valence-electron chi connectivity index (χ4n) is 3.79. The van der Waals surface area contributed by atoms with Crippen LogP contribution in [0.1, 0.15) is 55.5 Å². The first-order valence-electron chi connectivity index (χ1n) is 8.35. The van der Waals surface area contributed by atoms with E-state index in [2.05, 4.69) is 28.6 Å². The molecule has 0 aromatic carbocycles. The van der Waals surface area contributed by atoms with E-state index < -0.39 is 0 Å². The molecular weight excluding hydrogens is 264 g/mol. The first-order chi connectivity index (χ1) is 9.84. The van der Waals surface area contributed by atoms with Gasteiger partial charge in [-0.05, 0) is 55.7 Å². The number of hydrogen-bond acceptors (Lipinski definition) is 3. The van der Waals surface area contributed by atoms with E-state index in [1.54, 1.807) is 10.4 Å². The third-order valence-electron chi connectivity index (χ3n) is 5.14. The second-order valence-electron chi connectivity index (χ2n) is 6.47. The molecule has 3 rings (SSSR count). The zero-order valence-electron chi connectivity index (χ0n) is 12.7. The molecule has 0 amide bonds. The Hall–Kier alpha value is -0.380. The normalized spacial score (nSPS) is 24.8. The molecule has 20 heavy (non-hydrogen) atoms. The molecule has 1 aromatic rings. The molecule has 2 nitrogen and oxygen atoms in total. The lowest BCUT2D eigenvalue weighted by Crippen LogP contribution is -2.39. The average Bonchev–Trinajstić information content (AvgIpc) is 2.96. The van der Waals surface area contributed by atoms with Gasteiger partial charge >= 0.3 is 0 Å². The van der Waals surface area contributed by atoms with Crippen molar-refractivity contribution >= 4 is 11.3 Å². The van der Waals surface area contributed by atoms with Crippen molar-refractivity contribution in [2.24, 2.45) is 5.92 Å². The van der Waals surface area contributed by atoms with Gasteiger partial charge in [0.2, 0.25) is 0 Å². The summed E-state index contributed by atoms with van der Waals surface area (Å²) in [6.45, 7) is 7.20. The number of thiophene rings is 1. The molecule has 1 fully saturated rings. The van der Waals surface area contributed by atoms with E-state index in [-0.39, 0.29) is 0 Å². The second-order valence-corrected chi connectivity index (χ2v) is 7.47. The van der Waals surface area contributed by atoms with Gasteiger partial charge in [-0.15, -0.1) is 11.3 Å². The number of fused-ring (bicyclic) bond motifs is 1. The molecule has 1 N–H and O–H groups in total. The largest absolute Gasteiger partial charge is 0.315 e. The van der Waals surface area contributed by atoms with Crippen LogP contribution in [0.5, 0.6) is 0 Å². The van der Waals surface area contributed by atoms with Crippen molar-refractivity contribution in [1.82, 2.24) is 10.2 Å². The molecule has 3 heteroatoms. The standard InChI is InChI=1S/C17H28N2S/c1-14-16-8-12-20-17(16)7-10-19(14)11-9-18-13-15-5-3-2-4-6-15/h8,12,14-15,18H,2-7,9-11,13H2,1H3. The van der Waals surface area contributed by atoms with Crippen molar-refractivity contribution in [3.8, 4) is 0 Å². The second kappa shape index (κ2) is 7.06. The molecule has 2 heterocycles. The first-order valence-corrected chi connectivity index (χ1v) is 9.23. The van der Waals surface area contributed by atoms with Crippen LogP contribution in [0.25, 0.3) is 0 Å². The Morgan fingerprint density at radius 2 is 2.15 bits per heavy atom. The minimum Gasteiger partial charge on any atom is -0.315 e. The fourth-order valence-corrected chi connectivity index (χ4v) is 4.75. The Morgan fingerprint density at radius 3 is 3.00 bits per heavy atom. The zero-order chi connectivity index (χ0) is 13.8. The molecule has 1 aliphatic carbocycles. The Bertz CT molecular complexity index is 409. The molecule has 0 radical (unpaired) electrons. The molecule has 1 atom stereocenters. The van der Waals surface area contributed by atoms with Gasteiger partial charge in [-0.25, -0.2) is 0 Å². The molecule has 1 aromatic heterocycles. The van der Waals surface area contributed by atoms with Gasteiger partial charge in [0.15, 0.2) is 0 Å². The van der Waals surface area contributed by atoms with Crippen molar-refractivity contribution in [2.45, 2.75) is 51.5 Å². The monoisotopic (exact) mass is 292 g/mol. The molecule has 0 saturated heterocycles. The molecule has 2 aliphatic rings. The van der Waals surface area contributed by atoms with E-state index in [4.69, 9.17) is 0 Å². The van der Waals surface area contributed by atoms with Gasteiger partial charge in [-0.1, -0.05) is 19.3 Å². The summed E-state index contributed by atoms with van der Waals surface area (Å²) >= 11 is 1.94. The van der Waals surface area contributed by atoms with Crippen LogP contribution in [-0.2, 0) is 6.42 Å². The number of nitrogens with one attached hydrogen (secondary N) is 1.